The van der Waals surface area contributed by atoms with E-state index in [0.29, 0.717) is 72.0 Å². The van der Waals surface area contributed by atoms with Gasteiger partial charge in [0.25, 0.3) is 5.91 Å². The van der Waals surface area contributed by atoms with Crippen molar-refractivity contribution < 1.29 is 28.6 Å². The molecule has 0 saturated carbocycles. The van der Waals surface area contributed by atoms with Gasteiger partial charge in [-0.2, -0.15) is 0 Å². The van der Waals surface area contributed by atoms with E-state index in [1.807, 2.05) is 38.1 Å². The van der Waals surface area contributed by atoms with Crippen LogP contribution in [-0.2, 0) is 19.1 Å². The zero-order chi connectivity index (χ0) is 30.4. The maximum Gasteiger partial charge on any atom is 0.262 e. The molecular formula is C34H38ClNO6. The zero-order valence-corrected chi connectivity index (χ0v) is 25.9. The summed E-state index contributed by atoms with van der Waals surface area (Å²) in [5, 5.41) is 3.08. The SMILES string of the molecule is CCOc1cc(C2C3=C(CC(C)(C)CC3=O)OC3=C2C(=O)CC(C)(C)C3)cc(Cl)c1OCC(=O)Nc1ccccc1C. The van der Waals surface area contributed by atoms with E-state index in [4.69, 9.17) is 25.8 Å². The van der Waals surface area contributed by atoms with E-state index < -0.39 is 5.92 Å². The van der Waals surface area contributed by atoms with Crippen molar-refractivity contribution in [1.29, 1.82) is 0 Å². The normalized spacial score (nSPS) is 19.6. The minimum Gasteiger partial charge on any atom is -0.490 e. The lowest BCUT2D eigenvalue weighted by molar-refractivity contribution is -0.120. The Balaban J connectivity index is 1.53. The van der Waals surface area contributed by atoms with Gasteiger partial charge in [0.1, 0.15) is 11.5 Å². The minimum atomic E-state index is -0.619. The third-order valence-corrected chi connectivity index (χ3v) is 8.29. The van der Waals surface area contributed by atoms with Crippen molar-refractivity contribution in [2.45, 2.75) is 73.1 Å². The Bertz CT molecular complexity index is 1480. The van der Waals surface area contributed by atoms with Crippen LogP contribution >= 0.6 is 11.6 Å². The summed E-state index contributed by atoms with van der Waals surface area (Å²) < 4.78 is 18.2. The molecule has 0 bridgehead atoms. The highest BCUT2D eigenvalue weighted by Gasteiger charge is 2.48. The van der Waals surface area contributed by atoms with Crippen LogP contribution in [0.3, 0.4) is 0 Å². The molecule has 2 aliphatic carbocycles. The molecule has 2 aromatic rings. The summed E-state index contributed by atoms with van der Waals surface area (Å²) in [5.41, 5.74) is 2.82. The number of ether oxygens (including phenoxy) is 3. The number of carbonyl (C=O) groups excluding carboxylic acids is 3. The van der Waals surface area contributed by atoms with Gasteiger partial charge in [0.15, 0.2) is 29.7 Å². The fourth-order valence-corrected chi connectivity index (χ4v) is 6.48. The Kier molecular flexibility index (Phi) is 8.01. The number of carbonyl (C=O) groups is 3. The minimum absolute atomic E-state index is 0.0299. The molecule has 1 amide bonds. The van der Waals surface area contributed by atoms with Crippen molar-refractivity contribution >= 4 is 34.8 Å². The number of benzene rings is 2. The third kappa shape index (κ3) is 5.98. The largest absolute Gasteiger partial charge is 0.490 e. The summed E-state index contributed by atoms with van der Waals surface area (Å²) in [6.45, 7) is 12.0. The average molecular weight is 592 g/mol. The van der Waals surface area contributed by atoms with Crippen LogP contribution in [0.1, 0.15) is 77.3 Å². The highest BCUT2D eigenvalue weighted by Crippen LogP contribution is 2.54. The number of Topliss-reactive ketones (excluding diaryl/α,β-unsaturated/α-hetero) is 2. The summed E-state index contributed by atoms with van der Waals surface area (Å²) in [5.74, 6) is 0.811. The summed E-state index contributed by atoms with van der Waals surface area (Å²) in [4.78, 5) is 40.0. The molecule has 222 valence electrons. The van der Waals surface area contributed by atoms with Crippen LogP contribution in [0.4, 0.5) is 5.69 Å². The molecule has 0 fully saturated rings. The van der Waals surface area contributed by atoms with Gasteiger partial charge in [-0.3, -0.25) is 14.4 Å². The van der Waals surface area contributed by atoms with Gasteiger partial charge in [-0.1, -0.05) is 57.5 Å². The van der Waals surface area contributed by atoms with Gasteiger partial charge in [-0.15, -0.1) is 0 Å². The lowest BCUT2D eigenvalue weighted by Crippen LogP contribution is -2.37. The van der Waals surface area contributed by atoms with Crippen molar-refractivity contribution in [3.63, 3.8) is 0 Å². The van der Waals surface area contributed by atoms with Crippen LogP contribution in [0.5, 0.6) is 11.5 Å². The fraction of sp³-hybridized carbons (Fsp3) is 0.441. The summed E-state index contributed by atoms with van der Waals surface area (Å²) in [6, 6.07) is 11.0. The van der Waals surface area contributed by atoms with Crippen molar-refractivity contribution in [3.05, 3.63) is 75.2 Å². The molecule has 0 spiro atoms. The van der Waals surface area contributed by atoms with Crippen LogP contribution < -0.4 is 14.8 Å². The van der Waals surface area contributed by atoms with E-state index in [1.165, 1.54) is 0 Å². The van der Waals surface area contributed by atoms with Crippen LogP contribution in [0.25, 0.3) is 0 Å². The average Bonchev–Trinajstić information content (AvgIpc) is 2.87. The molecule has 5 rings (SSSR count). The molecule has 7 nitrogen and oxygen atoms in total. The highest BCUT2D eigenvalue weighted by molar-refractivity contribution is 6.32. The second-order valence-electron chi connectivity index (χ2n) is 13.0. The number of nitrogens with one attached hydrogen (secondary N) is 1. The molecule has 1 N–H and O–H groups in total. The van der Waals surface area contributed by atoms with Crippen LogP contribution in [0.2, 0.25) is 5.02 Å². The topological polar surface area (TPSA) is 90.9 Å². The van der Waals surface area contributed by atoms with Gasteiger partial charge in [0, 0.05) is 48.4 Å². The molecular weight excluding hydrogens is 554 g/mol. The fourth-order valence-electron chi connectivity index (χ4n) is 6.20. The standard InChI is InChI=1S/C34H38ClNO6/c1-7-40-25-13-20(12-21(35)32(25)41-18-28(39)36-22-11-9-8-10-19(22)2)29-30-23(37)14-33(3,4)16-26(30)42-27-17-34(5,6)15-24(38)31(27)29/h8-13,29H,7,14-18H2,1-6H3,(H,36,39). The zero-order valence-electron chi connectivity index (χ0n) is 25.1. The first-order chi connectivity index (χ1) is 19.8. The van der Waals surface area contributed by atoms with E-state index in [-0.39, 0.29) is 45.7 Å². The number of amides is 1. The number of para-hydroxylation sites is 1. The van der Waals surface area contributed by atoms with Crippen molar-refractivity contribution in [3.8, 4) is 11.5 Å². The number of allylic oxidation sites excluding steroid dienone is 4. The van der Waals surface area contributed by atoms with Gasteiger partial charge in [0.2, 0.25) is 0 Å². The van der Waals surface area contributed by atoms with E-state index in [1.54, 1.807) is 12.1 Å². The van der Waals surface area contributed by atoms with E-state index in [0.717, 1.165) is 5.56 Å². The molecule has 1 heterocycles. The summed E-state index contributed by atoms with van der Waals surface area (Å²) in [7, 11) is 0. The number of hydrogen-bond acceptors (Lipinski definition) is 6. The molecule has 3 aliphatic rings. The van der Waals surface area contributed by atoms with E-state index >= 15 is 0 Å². The first kappa shape index (κ1) is 29.9. The quantitative estimate of drug-likeness (QED) is 0.359. The Hall–Kier alpha value is -3.58. The van der Waals surface area contributed by atoms with Gasteiger partial charge in [0.05, 0.1) is 11.6 Å². The number of halogens is 1. The first-order valence-corrected chi connectivity index (χ1v) is 14.8. The Morgan fingerprint density at radius 2 is 1.55 bits per heavy atom. The predicted octanol–water partition coefficient (Wildman–Crippen LogP) is 7.46. The van der Waals surface area contributed by atoms with Gasteiger partial charge >= 0.3 is 0 Å². The second kappa shape index (κ2) is 11.3. The molecule has 0 saturated heterocycles. The maximum absolute atomic E-state index is 13.6. The Morgan fingerprint density at radius 3 is 2.12 bits per heavy atom. The first-order valence-electron chi connectivity index (χ1n) is 14.4. The molecule has 2 aromatic carbocycles. The van der Waals surface area contributed by atoms with Gasteiger partial charge in [-0.05, 0) is 54.0 Å². The maximum atomic E-state index is 13.6. The smallest absolute Gasteiger partial charge is 0.262 e. The third-order valence-electron chi connectivity index (χ3n) is 8.01. The number of anilines is 1. The second-order valence-corrected chi connectivity index (χ2v) is 13.4. The number of rotatable bonds is 7. The highest BCUT2D eigenvalue weighted by atomic mass is 35.5. The number of aryl methyl sites for hydroxylation is 1. The molecule has 1 aliphatic heterocycles. The number of hydrogen-bond donors (Lipinski definition) is 1. The monoisotopic (exact) mass is 591 g/mol. The molecule has 42 heavy (non-hydrogen) atoms. The lowest BCUT2D eigenvalue weighted by atomic mass is 9.65. The van der Waals surface area contributed by atoms with Crippen LogP contribution in [0, 0.1) is 17.8 Å². The molecule has 0 aromatic heterocycles. The van der Waals surface area contributed by atoms with Gasteiger partial charge in [-0.25, -0.2) is 0 Å². The number of ketones is 2. The lowest BCUT2D eigenvalue weighted by Gasteiger charge is -2.42. The van der Waals surface area contributed by atoms with Crippen molar-refractivity contribution in [2.75, 3.05) is 18.5 Å². The summed E-state index contributed by atoms with van der Waals surface area (Å²) >= 11 is 6.80. The Labute approximate surface area is 252 Å². The molecule has 0 unspecified atom stereocenters. The van der Waals surface area contributed by atoms with Crippen molar-refractivity contribution in [2.24, 2.45) is 10.8 Å². The summed E-state index contributed by atoms with van der Waals surface area (Å²) in [6.07, 6.45) is 1.91. The van der Waals surface area contributed by atoms with Gasteiger partial charge < -0.3 is 19.5 Å². The predicted molar refractivity (Wildman–Crippen MR) is 162 cm³/mol. The van der Waals surface area contributed by atoms with E-state index in [9.17, 15) is 14.4 Å². The van der Waals surface area contributed by atoms with Crippen LogP contribution in [-0.4, -0.2) is 30.7 Å². The Morgan fingerprint density at radius 1 is 0.952 bits per heavy atom. The molecule has 0 atom stereocenters. The van der Waals surface area contributed by atoms with Crippen molar-refractivity contribution in [1.82, 2.24) is 0 Å². The van der Waals surface area contributed by atoms with Crippen LogP contribution in [0.15, 0.2) is 59.1 Å². The van der Waals surface area contributed by atoms with E-state index in [2.05, 4.69) is 33.0 Å². The molecule has 0 radical (unpaired) electrons. The molecule has 8 heteroatoms.